The average Bonchev–Trinajstić information content (AvgIpc) is 2.70. The SMILES string of the molecule is COC(=O)[C@@H]1C2CC[C@H](C[C@@H]1C1CCC(Cl)NC1)N2C. The van der Waals surface area contributed by atoms with E-state index in [4.69, 9.17) is 16.3 Å². The molecule has 3 unspecified atom stereocenters. The van der Waals surface area contributed by atoms with Crippen LogP contribution in [0.1, 0.15) is 32.1 Å². The molecule has 3 aliphatic heterocycles. The van der Waals surface area contributed by atoms with Gasteiger partial charge >= 0.3 is 5.97 Å². The zero-order valence-electron chi connectivity index (χ0n) is 12.3. The second-order valence-corrected chi connectivity index (χ2v) is 7.15. The molecule has 20 heavy (non-hydrogen) atoms. The van der Waals surface area contributed by atoms with E-state index in [-0.39, 0.29) is 17.4 Å². The van der Waals surface area contributed by atoms with Crippen molar-refractivity contribution in [3.05, 3.63) is 0 Å². The van der Waals surface area contributed by atoms with E-state index in [2.05, 4.69) is 17.3 Å². The van der Waals surface area contributed by atoms with Crippen molar-refractivity contribution in [1.29, 1.82) is 0 Å². The summed E-state index contributed by atoms with van der Waals surface area (Å²) in [6, 6.07) is 1.03. The molecule has 3 aliphatic rings. The van der Waals surface area contributed by atoms with E-state index in [1.54, 1.807) is 0 Å². The molecule has 0 amide bonds. The zero-order chi connectivity index (χ0) is 14.3. The molecule has 3 heterocycles. The van der Waals surface area contributed by atoms with Crippen LogP contribution in [0.5, 0.6) is 0 Å². The molecule has 114 valence electrons. The number of esters is 1. The van der Waals surface area contributed by atoms with Crippen LogP contribution in [0.4, 0.5) is 0 Å². The summed E-state index contributed by atoms with van der Waals surface area (Å²) >= 11 is 6.13. The molecule has 0 aliphatic carbocycles. The highest BCUT2D eigenvalue weighted by molar-refractivity contribution is 6.20. The maximum Gasteiger partial charge on any atom is 0.310 e. The van der Waals surface area contributed by atoms with Crippen LogP contribution in [-0.2, 0) is 9.53 Å². The van der Waals surface area contributed by atoms with Gasteiger partial charge < -0.3 is 10.1 Å². The largest absolute Gasteiger partial charge is 0.469 e. The summed E-state index contributed by atoms with van der Waals surface area (Å²) in [4.78, 5) is 14.7. The van der Waals surface area contributed by atoms with Gasteiger partial charge in [0.25, 0.3) is 0 Å². The molecule has 3 fully saturated rings. The number of rotatable bonds is 2. The third kappa shape index (κ3) is 2.46. The van der Waals surface area contributed by atoms with Crippen molar-refractivity contribution in [2.24, 2.45) is 17.8 Å². The summed E-state index contributed by atoms with van der Waals surface area (Å²) < 4.78 is 5.12. The summed E-state index contributed by atoms with van der Waals surface area (Å²) in [5.41, 5.74) is 0.103. The van der Waals surface area contributed by atoms with Crippen LogP contribution in [-0.4, -0.2) is 49.2 Å². The van der Waals surface area contributed by atoms with E-state index in [1.165, 1.54) is 13.5 Å². The molecule has 6 atom stereocenters. The Hall–Kier alpha value is -0.320. The van der Waals surface area contributed by atoms with Gasteiger partial charge in [0.15, 0.2) is 0 Å². The van der Waals surface area contributed by atoms with Crippen LogP contribution < -0.4 is 5.32 Å². The lowest BCUT2D eigenvalue weighted by Gasteiger charge is -2.45. The minimum absolute atomic E-state index is 0.0137. The van der Waals surface area contributed by atoms with Crippen LogP contribution in [0.2, 0.25) is 0 Å². The topological polar surface area (TPSA) is 41.6 Å². The highest BCUT2D eigenvalue weighted by Crippen LogP contribution is 2.46. The number of nitrogens with one attached hydrogen (secondary N) is 1. The van der Waals surface area contributed by atoms with E-state index in [9.17, 15) is 4.79 Å². The maximum atomic E-state index is 12.3. The summed E-state index contributed by atoms with van der Waals surface area (Å²) in [5, 5.41) is 3.37. The van der Waals surface area contributed by atoms with Gasteiger partial charge in [-0.2, -0.15) is 0 Å². The first kappa shape index (κ1) is 14.6. The minimum atomic E-state index is -0.0137. The summed E-state index contributed by atoms with van der Waals surface area (Å²) in [6.45, 7) is 0.940. The highest BCUT2D eigenvalue weighted by Gasteiger charge is 2.51. The second kappa shape index (κ2) is 5.82. The van der Waals surface area contributed by atoms with Gasteiger partial charge in [-0.3, -0.25) is 9.69 Å². The van der Waals surface area contributed by atoms with E-state index < -0.39 is 0 Å². The maximum absolute atomic E-state index is 12.3. The molecule has 0 aromatic heterocycles. The molecule has 0 radical (unpaired) electrons. The molecular weight excluding hydrogens is 276 g/mol. The standard InChI is InChI=1S/C15H25ClN2O2/c1-18-10-4-5-12(18)14(15(19)20-2)11(7-10)9-3-6-13(16)17-8-9/h9-14,17H,3-8H2,1-2H3/t9?,10-,11-,12?,13?,14+/m1/s1. The van der Waals surface area contributed by atoms with Crippen molar-refractivity contribution in [1.82, 2.24) is 10.2 Å². The average molecular weight is 301 g/mol. The van der Waals surface area contributed by atoms with Gasteiger partial charge in [-0.1, -0.05) is 0 Å². The first-order chi connectivity index (χ1) is 9.61. The van der Waals surface area contributed by atoms with Crippen LogP contribution in [0, 0.1) is 17.8 Å². The molecule has 0 saturated carbocycles. The second-order valence-electron chi connectivity index (χ2n) is 6.63. The fourth-order valence-corrected chi connectivity index (χ4v) is 4.88. The van der Waals surface area contributed by atoms with Crippen molar-refractivity contribution in [3.63, 3.8) is 0 Å². The Morgan fingerprint density at radius 3 is 2.75 bits per heavy atom. The molecule has 3 saturated heterocycles. The van der Waals surface area contributed by atoms with E-state index in [1.807, 2.05) is 0 Å². The number of piperidine rings is 2. The summed E-state index contributed by atoms with van der Waals surface area (Å²) in [7, 11) is 3.69. The van der Waals surface area contributed by atoms with Crippen LogP contribution >= 0.6 is 11.6 Å². The first-order valence-corrected chi connectivity index (χ1v) is 8.22. The van der Waals surface area contributed by atoms with Gasteiger partial charge in [0.05, 0.1) is 18.5 Å². The lowest BCUT2D eigenvalue weighted by molar-refractivity contribution is -0.154. The lowest BCUT2D eigenvalue weighted by Crippen LogP contribution is -2.53. The number of hydrogen-bond acceptors (Lipinski definition) is 4. The fraction of sp³-hybridized carbons (Fsp3) is 0.933. The van der Waals surface area contributed by atoms with Gasteiger partial charge in [0, 0.05) is 12.1 Å². The Morgan fingerprint density at radius 2 is 2.10 bits per heavy atom. The number of hydrogen-bond donors (Lipinski definition) is 1. The number of methoxy groups -OCH3 is 1. The van der Waals surface area contributed by atoms with Crippen molar-refractivity contribution >= 4 is 17.6 Å². The normalized spacial score (nSPS) is 45.4. The number of halogens is 1. The number of ether oxygens (including phenoxy) is 1. The molecule has 5 heteroatoms. The third-order valence-electron chi connectivity index (χ3n) is 5.79. The van der Waals surface area contributed by atoms with Gasteiger partial charge in [-0.05, 0) is 57.5 Å². The smallest absolute Gasteiger partial charge is 0.310 e. The number of fused-ring (bicyclic) bond motifs is 2. The Kier molecular flexibility index (Phi) is 4.25. The predicted octanol–water partition coefficient (Wildman–Crippen LogP) is 1.82. The molecule has 0 aromatic rings. The van der Waals surface area contributed by atoms with E-state index in [0.717, 1.165) is 32.2 Å². The Bertz CT molecular complexity index is 371. The van der Waals surface area contributed by atoms with Gasteiger partial charge in [-0.15, -0.1) is 11.6 Å². The summed E-state index contributed by atoms with van der Waals surface area (Å²) in [6.07, 6.45) is 5.62. The Labute approximate surface area is 126 Å². The monoisotopic (exact) mass is 300 g/mol. The van der Waals surface area contributed by atoms with Crippen molar-refractivity contribution in [3.8, 4) is 0 Å². The van der Waals surface area contributed by atoms with Gasteiger partial charge in [0.1, 0.15) is 0 Å². The molecule has 4 nitrogen and oxygen atoms in total. The molecule has 2 bridgehead atoms. The third-order valence-corrected chi connectivity index (χ3v) is 6.16. The van der Waals surface area contributed by atoms with Crippen LogP contribution in [0.15, 0.2) is 0 Å². The molecular formula is C15H25ClN2O2. The number of carbonyl (C=O) groups excluding carboxylic acids is 1. The molecule has 1 N–H and O–H groups in total. The lowest BCUT2D eigenvalue weighted by atomic mass is 9.71. The fourth-order valence-electron chi connectivity index (χ4n) is 4.67. The molecule has 0 aromatic carbocycles. The Balaban J connectivity index is 1.79. The summed E-state index contributed by atoms with van der Waals surface area (Å²) in [5.74, 6) is 1.04. The number of alkyl halides is 1. The highest BCUT2D eigenvalue weighted by atomic mass is 35.5. The molecule has 3 rings (SSSR count). The zero-order valence-corrected chi connectivity index (χ0v) is 13.1. The quantitative estimate of drug-likeness (QED) is 0.480. The van der Waals surface area contributed by atoms with Crippen molar-refractivity contribution in [2.75, 3.05) is 20.7 Å². The minimum Gasteiger partial charge on any atom is -0.469 e. The Morgan fingerprint density at radius 1 is 1.30 bits per heavy atom. The first-order valence-electron chi connectivity index (χ1n) is 7.79. The van der Waals surface area contributed by atoms with Crippen molar-refractivity contribution in [2.45, 2.75) is 49.7 Å². The van der Waals surface area contributed by atoms with E-state index >= 15 is 0 Å². The van der Waals surface area contributed by atoms with Crippen molar-refractivity contribution < 1.29 is 9.53 Å². The number of carbonyl (C=O) groups is 1. The van der Waals surface area contributed by atoms with E-state index in [0.29, 0.717) is 23.9 Å². The van der Waals surface area contributed by atoms with Gasteiger partial charge in [-0.25, -0.2) is 0 Å². The van der Waals surface area contributed by atoms with Gasteiger partial charge in [0.2, 0.25) is 0 Å². The van der Waals surface area contributed by atoms with Crippen LogP contribution in [0.25, 0.3) is 0 Å². The predicted molar refractivity (Wildman–Crippen MR) is 78.6 cm³/mol. The van der Waals surface area contributed by atoms with Crippen LogP contribution in [0.3, 0.4) is 0 Å². The molecule has 0 spiro atoms. The number of nitrogens with zero attached hydrogens (tertiary/aromatic N) is 1.